The average molecular weight is 282 g/mol. The minimum absolute atomic E-state index is 0.114. The van der Waals surface area contributed by atoms with Gasteiger partial charge >= 0.3 is 0 Å². The molecule has 6 heteroatoms. The maximum absolute atomic E-state index is 12.2. The maximum atomic E-state index is 12.2. The highest BCUT2D eigenvalue weighted by Crippen LogP contribution is 2.31. The van der Waals surface area contributed by atoms with E-state index < -0.39 is 5.54 Å². The number of hydrogen-bond donors (Lipinski definition) is 2. The second kappa shape index (κ2) is 5.96. The molecule has 0 radical (unpaired) electrons. The Kier molecular flexibility index (Phi) is 4.52. The molecule has 1 aliphatic carbocycles. The van der Waals surface area contributed by atoms with Gasteiger partial charge in [-0.2, -0.15) is 0 Å². The molecule has 0 bridgehead atoms. The van der Waals surface area contributed by atoms with E-state index in [0.717, 1.165) is 43.5 Å². The quantitative estimate of drug-likeness (QED) is 0.870. The Balaban J connectivity index is 2.01. The Bertz CT molecular complexity index is 436. The summed E-state index contributed by atoms with van der Waals surface area (Å²) in [5.41, 5.74) is 5.41. The van der Waals surface area contributed by atoms with E-state index >= 15 is 0 Å². The number of amides is 1. The zero-order valence-corrected chi connectivity index (χ0v) is 12.4. The van der Waals surface area contributed by atoms with Gasteiger partial charge in [0.2, 0.25) is 11.0 Å². The Morgan fingerprint density at radius 1 is 1.37 bits per heavy atom. The van der Waals surface area contributed by atoms with Crippen LogP contribution in [0.5, 0.6) is 0 Å². The van der Waals surface area contributed by atoms with E-state index in [1.807, 2.05) is 0 Å². The third-order valence-electron chi connectivity index (χ3n) is 3.94. The van der Waals surface area contributed by atoms with E-state index in [0.29, 0.717) is 11.0 Å². The van der Waals surface area contributed by atoms with Crippen LogP contribution in [0.25, 0.3) is 0 Å². The number of anilines is 1. The zero-order chi connectivity index (χ0) is 13.9. The largest absolute Gasteiger partial charge is 0.317 e. The molecule has 0 saturated heterocycles. The van der Waals surface area contributed by atoms with Crippen LogP contribution in [0.15, 0.2) is 0 Å². The lowest BCUT2D eigenvalue weighted by Crippen LogP contribution is -2.48. The van der Waals surface area contributed by atoms with Crippen molar-refractivity contribution in [3.8, 4) is 0 Å². The lowest BCUT2D eigenvalue weighted by Gasteiger charge is -2.20. The normalized spacial score (nSPS) is 17.9. The zero-order valence-electron chi connectivity index (χ0n) is 11.6. The van der Waals surface area contributed by atoms with Gasteiger partial charge < -0.3 is 5.73 Å². The number of aromatic nitrogens is 2. The minimum atomic E-state index is -0.708. The van der Waals surface area contributed by atoms with Gasteiger partial charge in [0.05, 0.1) is 5.54 Å². The van der Waals surface area contributed by atoms with Crippen LogP contribution in [0.3, 0.4) is 0 Å². The van der Waals surface area contributed by atoms with Gasteiger partial charge in [-0.05, 0) is 25.7 Å². The summed E-state index contributed by atoms with van der Waals surface area (Å²) in [5.74, 6) is 0.318. The van der Waals surface area contributed by atoms with Gasteiger partial charge in [-0.1, -0.05) is 38.0 Å². The number of carbonyl (C=O) groups excluding carboxylic acids is 1. The second-order valence-corrected chi connectivity index (χ2v) is 6.29. The van der Waals surface area contributed by atoms with Crippen molar-refractivity contribution in [1.82, 2.24) is 10.2 Å². The summed E-state index contributed by atoms with van der Waals surface area (Å²) in [5, 5.41) is 12.6. The molecule has 1 heterocycles. The highest BCUT2D eigenvalue weighted by Gasteiger charge is 2.37. The molecule has 1 aromatic rings. The fourth-order valence-corrected chi connectivity index (χ4v) is 3.55. The van der Waals surface area contributed by atoms with Crippen molar-refractivity contribution in [2.75, 3.05) is 5.32 Å². The summed E-state index contributed by atoms with van der Waals surface area (Å²) >= 11 is 1.47. The summed E-state index contributed by atoms with van der Waals surface area (Å²) in [6.07, 6.45) is 5.66. The molecule has 2 rings (SSSR count). The number of nitrogens with one attached hydrogen (secondary N) is 1. The van der Waals surface area contributed by atoms with E-state index in [1.165, 1.54) is 11.3 Å². The Morgan fingerprint density at radius 2 is 2.00 bits per heavy atom. The Labute approximate surface area is 118 Å². The summed E-state index contributed by atoms with van der Waals surface area (Å²) < 4.78 is 0. The van der Waals surface area contributed by atoms with Crippen molar-refractivity contribution >= 4 is 22.4 Å². The molecular weight excluding hydrogens is 260 g/mol. The molecule has 1 aliphatic rings. The van der Waals surface area contributed by atoms with Crippen LogP contribution >= 0.6 is 11.3 Å². The first-order valence-corrected chi connectivity index (χ1v) is 7.84. The van der Waals surface area contributed by atoms with Crippen LogP contribution in [-0.4, -0.2) is 21.6 Å². The second-order valence-electron chi connectivity index (χ2n) is 5.28. The van der Waals surface area contributed by atoms with E-state index in [4.69, 9.17) is 5.73 Å². The maximum Gasteiger partial charge on any atom is 0.246 e. The monoisotopic (exact) mass is 282 g/mol. The van der Waals surface area contributed by atoms with Gasteiger partial charge in [0.25, 0.3) is 0 Å². The number of hydrogen-bond acceptors (Lipinski definition) is 5. The fourth-order valence-electron chi connectivity index (χ4n) is 2.54. The molecule has 0 spiro atoms. The minimum Gasteiger partial charge on any atom is -0.317 e. The fraction of sp³-hybridized carbons (Fsp3) is 0.769. The number of carbonyl (C=O) groups is 1. The van der Waals surface area contributed by atoms with E-state index in [2.05, 4.69) is 29.4 Å². The highest BCUT2D eigenvalue weighted by atomic mass is 32.1. The summed E-state index contributed by atoms with van der Waals surface area (Å²) in [7, 11) is 0. The highest BCUT2D eigenvalue weighted by molar-refractivity contribution is 7.15. The van der Waals surface area contributed by atoms with Crippen molar-refractivity contribution in [3.05, 3.63) is 5.01 Å². The smallest absolute Gasteiger partial charge is 0.246 e. The molecule has 0 aliphatic heterocycles. The summed E-state index contributed by atoms with van der Waals surface area (Å²) in [6, 6.07) is 0. The third kappa shape index (κ3) is 3.12. The lowest BCUT2D eigenvalue weighted by atomic mass is 9.98. The van der Waals surface area contributed by atoms with Crippen LogP contribution < -0.4 is 11.1 Å². The molecule has 106 valence electrons. The molecule has 0 unspecified atom stereocenters. The number of nitrogens with zero attached hydrogens (tertiary/aromatic N) is 2. The summed E-state index contributed by atoms with van der Waals surface area (Å²) in [4.78, 5) is 12.2. The van der Waals surface area contributed by atoms with Crippen molar-refractivity contribution in [1.29, 1.82) is 0 Å². The number of rotatable bonds is 5. The molecule has 1 saturated carbocycles. The third-order valence-corrected chi connectivity index (χ3v) is 4.95. The standard InChI is InChI=1S/C13H22N4OS/c1-3-9(4-2)10-16-17-12(19-10)15-11(18)13(14)7-5-6-8-13/h9H,3-8,14H2,1-2H3,(H,15,17,18). The van der Waals surface area contributed by atoms with E-state index in [-0.39, 0.29) is 5.91 Å². The van der Waals surface area contributed by atoms with E-state index in [1.54, 1.807) is 0 Å². The first kappa shape index (κ1) is 14.4. The SMILES string of the molecule is CCC(CC)c1nnc(NC(=O)C2(N)CCCC2)s1. The van der Waals surface area contributed by atoms with Crippen molar-refractivity contribution in [3.63, 3.8) is 0 Å². The van der Waals surface area contributed by atoms with Gasteiger partial charge in [0.1, 0.15) is 5.01 Å². The predicted molar refractivity (Wildman–Crippen MR) is 77.2 cm³/mol. The first-order chi connectivity index (χ1) is 9.09. The molecule has 5 nitrogen and oxygen atoms in total. The predicted octanol–water partition coefficient (Wildman–Crippen LogP) is 2.65. The van der Waals surface area contributed by atoms with Crippen LogP contribution in [0, 0.1) is 0 Å². The van der Waals surface area contributed by atoms with Gasteiger partial charge in [-0.25, -0.2) is 0 Å². The van der Waals surface area contributed by atoms with Crippen LogP contribution in [-0.2, 0) is 4.79 Å². The molecule has 0 atom stereocenters. The molecule has 1 amide bonds. The van der Waals surface area contributed by atoms with Crippen LogP contribution in [0.4, 0.5) is 5.13 Å². The van der Waals surface area contributed by atoms with Gasteiger partial charge in [0.15, 0.2) is 0 Å². The first-order valence-electron chi connectivity index (χ1n) is 7.02. The van der Waals surface area contributed by atoms with Crippen molar-refractivity contribution in [2.24, 2.45) is 5.73 Å². The van der Waals surface area contributed by atoms with Crippen molar-refractivity contribution in [2.45, 2.75) is 63.8 Å². The van der Waals surface area contributed by atoms with Gasteiger partial charge in [0, 0.05) is 5.92 Å². The molecule has 1 fully saturated rings. The molecule has 0 aromatic carbocycles. The number of nitrogens with two attached hydrogens (primary N) is 1. The Hall–Kier alpha value is -1.01. The van der Waals surface area contributed by atoms with Crippen molar-refractivity contribution < 1.29 is 4.79 Å². The van der Waals surface area contributed by atoms with Gasteiger partial charge in [-0.15, -0.1) is 10.2 Å². The Morgan fingerprint density at radius 3 is 2.58 bits per heavy atom. The van der Waals surface area contributed by atoms with E-state index in [9.17, 15) is 4.79 Å². The topological polar surface area (TPSA) is 80.9 Å². The van der Waals surface area contributed by atoms with Crippen LogP contribution in [0.2, 0.25) is 0 Å². The lowest BCUT2D eigenvalue weighted by molar-refractivity contribution is -0.121. The molecular formula is C13H22N4OS. The average Bonchev–Trinajstić information content (AvgIpc) is 3.02. The summed E-state index contributed by atoms with van der Waals surface area (Å²) in [6.45, 7) is 4.28. The van der Waals surface area contributed by atoms with Gasteiger partial charge in [-0.3, -0.25) is 10.1 Å². The molecule has 1 aromatic heterocycles. The van der Waals surface area contributed by atoms with Crippen LogP contribution in [0.1, 0.15) is 63.3 Å². The molecule has 19 heavy (non-hydrogen) atoms. The molecule has 3 N–H and O–H groups in total.